The van der Waals surface area contributed by atoms with Gasteiger partial charge in [-0.25, -0.2) is 0 Å². The van der Waals surface area contributed by atoms with E-state index >= 15 is 0 Å². The molecule has 1 fully saturated rings. The van der Waals surface area contributed by atoms with Gasteiger partial charge in [0.2, 0.25) is 0 Å². The van der Waals surface area contributed by atoms with Crippen LogP contribution in [0.1, 0.15) is 194 Å². The van der Waals surface area contributed by atoms with Gasteiger partial charge < -0.3 is 14.6 Å². The molecule has 0 radical (unpaired) electrons. The molecule has 4 atom stereocenters. The van der Waals surface area contributed by atoms with E-state index < -0.39 is 6.10 Å². The number of hydrogen-bond donors (Lipinski definition) is 1. The van der Waals surface area contributed by atoms with Gasteiger partial charge in [-0.3, -0.25) is 4.79 Å². The lowest BCUT2D eigenvalue weighted by Gasteiger charge is -2.24. The first-order valence-corrected chi connectivity index (χ1v) is 18.3. The SMILES string of the molecule is C=CCCCCCCC[C@@H](OC(=O)CCCCCCCCCCCCCCCCC)[C@H]1C[C@H](O)[C@H](CCCCC)O1. The van der Waals surface area contributed by atoms with Crippen LogP contribution in [-0.4, -0.2) is 35.5 Å². The van der Waals surface area contributed by atoms with Gasteiger partial charge in [-0.15, -0.1) is 6.58 Å². The van der Waals surface area contributed by atoms with E-state index in [0.29, 0.717) is 12.8 Å². The number of esters is 1. The van der Waals surface area contributed by atoms with Crippen LogP contribution in [0.5, 0.6) is 0 Å². The molecule has 4 heteroatoms. The van der Waals surface area contributed by atoms with Crippen LogP contribution in [0.25, 0.3) is 0 Å². The van der Waals surface area contributed by atoms with Crippen LogP contribution in [0.15, 0.2) is 12.7 Å². The zero-order valence-corrected chi connectivity index (χ0v) is 27.6. The molecule has 0 aromatic rings. The number of carbonyl (C=O) groups is 1. The summed E-state index contributed by atoms with van der Waals surface area (Å²) >= 11 is 0. The molecule has 242 valence electrons. The fraction of sp³-hybridized carbons (Fsp3) is 0.919. The number of aliphatic hydroxyl groups is 1. The minimum absolute atomic E-state index is 0.0804. The first kappa shape index (κ1) is 38.2. The number of unbranched alkanes of at least 4 members (excludes halogenated alkanes) is 21. The molecule has 1 N–H and O–H groups in total. The second-order valence-corrected chi connectivity index (χ2v) is 12.9. The largest absolute Gasteiger partial charge is 0.460 e. The number of ether oxygens (including phenoxy) is 2. The molecular weight excluding hydrogens is 508 g/mol. The van der Waals surface area contributed by atoms with E-state index in [1.165, 1.54) is 116 Å². The maximum absolute atomic E-state index is 12.8. The van der Waals surface area contributed by atoms with E-state index in [1.807, 2.05) is 6.08 Å². The van der Waals surface area contributed by atoms with Crippen molar-refractivity contribution < 1.29 is 19.4 Å². The third-order valence-electron chi connectivity index (χ3n) is 8.92. The third-order valence-corrected chi connectivity index (χ3v) is 8.92. The van der Waals surface area contributed by atoms with Crippen molar-refractivity contribution in [2.45, 2.75) is 218 Å². The molecule has 0 aromatic heterocycles. The Bertz CT molecular complexity index is 591. The molecule has 0 aromatic carbocycles. The van der Waals surface area contributed by atoms with Gasteiger partial charge in [0.25, 0.3) is 0 Å². The van der Waals surface area contributed by atoms with Crippen LogP contribution < -0.4 is 0 Å². The van der Waals surface area contributed by atoms with Crippen molar-refractivity contribution in [2.75, 3.05) is 0 Å². The summed E-state index contributed by atoms with van der Waals surface area (Å²) in [6.07, 6.45) is 34.1. The minimum atomic E-state index is -0.437. The van der Waals surface area contributed by atoms with Gasteiger partial charge in [0.1, 0.15) is 6.10 Å². The predicted molar refractivity (Wildman–Crippen MR) is 175 cm³/mol. The van der Waals surface area contributed by atoms with Crippen molar-refractivity contribution in [3.8, 4) is 0 Å². The highest BCUT2D eigenvalue weighted by Crippen LogP contribution is 2.30. The smallest absolute Gasteiger partial charge is 0.306 e. The molecule has 1 aliphatic rings. The van der Waals surface area contributed by atoms with Gasteiger partial charge in [0, 0.05) is 12.8 Å². The van der Waals surface area contributed by atoms with Crippen molar-refractivity contribution in [1.82, 2.24) is 0 Å². The number of hydrogen-bond acceptors (Lipinski definition) is 4. The zero-order valence-electron chi connectivity index (χ0n) is 27.6. The van der Waals surface area contributed by atoms with Gasteiger partial charge >= 0.3 is 5.97 Å². The molecule has 1 rings (SSSR count). The first-order valence-electron chi connectivity index (χ1n) is 18.3. The molecule has 0 aliphatic carbocycles. The predicted octanol–water partition coefficient (Wildman–Crippen LogP) is 11.2. The van der Waals surface area contributed by atoms with E-state index in [1.54, 1.807) is 0 Å². The van der Waals surface area contributed by atoms with Crippen molar-refractivity contribution >= 4 is 5.97 Å². The van der Waals surface area contributed by atoms with E-state index in [0.717, 1.165) is 51.4 Å². The minimum Gasteiger partial charge on any atom is -0.460 e. The molecule has 1 saturated heterocycles. The fourth-order valence-corrected chi connectivity index (χ4v) is 6.21. The summed E-state index contributed by atoms with van der Waals surface area (Å²) in [7, 11) is 0. The Morgan fingerprint density at radius 1 is 0.756 bits per heavy atom. The standard InChI is InChI=1S/C37H70O4/c1-4-7-10-12-14-15-16-17-18-19-20-21-23-25-28-31-37(39)41-35(30-27-24-22-13-11-8-5-2)36-32-33(38)34(40-36)29-26-9-6-3/h5,33-36,38H,2,4,6-32H2,1,3H3/t33-,34-,35+,36+/m0/s1. The van der Waals surface area contributed by atoms with Crippen LogP contribution >= 0.6 is 0 Å². The lowest BCUT2D eigenvalue weighted by atomic mass is 10.00. The maximum Gasteiger partial charge on any atom is 0.306 e. The summed E-state index contributed by atoms with van der Waals surface area (Å²) in [4.78, 5) is 12.8. The molecule has 0 spiro atoms. The van der Waals surface area contributed by atoms with Crippen LogP contribution in [0.4, 0.5) is 0 Å². The Morgan fingerprint density at radius 2 is 1.24 bits per heavy atom. The van der Waals surface area contributed by atoms with Crippen molar-refractivity contribution in [1.29, 1.82) is 0 Å². The summed E-state index contributed by atoms with van der Waals surface area (Å²) < 4.78 is 12.3. The molecule has 4 nitrogen and oxygen atoms in total. The summed E-state index contributed by atoms with van der Waals surface area (Å²) in [5.41, 5.74) is 0. The highest BCUT2D eigenvalue weighted by Gasteiger charge is 2.39. The number of carbonyl (C=O) groups excluding carboxylic acids is 1. The van der Waals surface area contributed by atoms with Gasteiger partial charge in [0.15, 0.2) is 0 Å². The number of aliphatic hydroxyl groups excluding tert-OH is 1. The summed E-state index contributed by atoms with van der Waals surface area (Å²) in [5.74, 6) is -0.0804. The normalized spacial score (nSPS) is 19.4. The van der Waals surface area contributed by atoms with Crippen LogP contribution in [0, 0.1) is 0 Å². The molecule has 0 amide bonds. The molecule has 1 heterocycles. The summed E-state index contributed by atoms with van der Waals surface area (Å²) in [6, 6.07) is 0. The fourth-order valence-electron chi connectivity index (χ4n) is 6.21. The molecule has 0 unspecified atom stereocenters. The quantitative estimate of drug-likeness (QED) is 0.0523. The molecule has 0 bridgehead atoms. The maximum atomic E-state index is 12.8. The Kier molecular flexibility index (Phi) is 26.0. The first-order chi connectivity index (χ1) is 20.1. The Hall–Kier alpha value is -0.870. The molecular formula is C37H70O4. The van der Waals surface area contributed by atoms with Gasteiger partial charge in [-0.1, -0.05) is 148 Å². The molecule has 1 aliphatic heterocycles. The van der Waals surface area contributed by atoms with Gasteiger partial charge in [0.05, 0.1) is 18.3 Å². The van der Waals surface area contributed by atoms with Crippen molar-refractivity contribution in [3.05, 3.63) is 12.7 Å². The summed E-state index contributed by atoms with van der Waals surface area (Å²) in [6.45, 7) is 8.28. The van der Waals surface area contributed by atoms with E-state index in [4.69, 9.17) is 9.47 Å². The third kappa shape index (κ3) is 21.5. The highest BCUT2D eigenvalue weighted by molar-refractivity contribution is 5.69. The molecule has 0 saturated carbocycles. The van der Waals surface area contributed by atoms with E-state index in [2.05, 4.69) is 20.4 Å². The lowest BCUT2D eigenvalue weighted by molar-refractivity contribution is -0.158. The van der Waals surface area contributed by atoms with Crippen LogP contribution in [-0.2, 0) is 14.3 Å². The second kappa shape index (κ2) is 27.9. The molecule has 41 heavy (non-hydrogen) atoms. The zero-order chi connectivity index (χ0) is 29.8. The van der Waals surface area contributed by atoms with E-state index in [-0.39, 0.29) is 24.3 Å². The average molecular weight is 579 g/mol. The monoisotopic (exact) mass is 579 g/mol. The van der Waals surface area contributed by atoms with Crippen molar-refractivity contribution in [3.63, 3.8) is 0 Å². The van der Waals surface area contributed by atoms with Crippen molar-refractivity contribution in [2.24, 2.45) is 0 Å². The highest BCUT2D eigenvalue weighted by atomic mass is 16.6. The van der Waals surface area contributed by atoms with Gasteiger partial charge in [-0.2, -0.15) is 0 Å². The average Bonchev–Trinajstić information content (AvgIpc) is 3.34. The Morgan fingerprint density at radius 3 is 1.80 bits per heavy atom. The van der Waals surface area contributed by atoms with Gasteiger partial charge in [-0.05, 0) is 38.5 Å². The van der Waals surface area contributed by atoms with E-state index in [9.17, 15) is 9.90 Å². The van der Waals surface area contributed by atoms with Crippen LogP contribution in [0.2, 0.25) is 0 Å². The lowest BCUT2D eigenvalue weighted by Crippen LogP contribution is -2.32. The second-order valence-electron chi connectivity index (χ2n) is 12.9. The van der Waals surface area contributed by atoms with Crippen LogP contribution in [0.3, 0.4) is 0 Å². The Labute approximate surface area is 255 Å². The number of rotatable bonds is 30. The summed E-state index contributed by atoms with van der Waals surface area (Å²) in [5, 5.41) is 10.6. The number of allylic oxidation sites excluding steroid dienone is 1. The topological polar surface area (TPSA) is 55.8 Å². The Balaban J connectivity index is 2.22.